The normalized spacial score (nSPS) is 20.3. The van der Waals surface area contributed by atoms with Crippen molar-refractivity contribution in [3.05, 3.63) is 24.3 Å². The Labute approximate surface area is 215 Å². The van der Waals surface area contributed by atoms with Crippen molar-refractivity contribution in [2.45, 2.75) is 84.3 Å². The highest BCUT2D eigenvalue weighted by molar-refractivity contribution is 6.74. The van der Waals surface area contributed by atoms with Crippen molar-refractivity contribution in [2.75, 3.05) is 18.6 Å². The highest BCUT2D eigenvalue weighted by Gasteiger charge is 2.61. The molecule has 1 aromatic rings. The molecule has 36 heavy (non-hydrogen) atoms. The minimum absolute atomic E-state index is 0.0673. The average molecular weight is 518 g/mol. The molecular weight excluding hydrogens is 478 g/mol. The molecule has 1 aliphatic heterocycles. The van der Waals surface area contributed by atoms with E-state index in [0.29, 0.717) is 11.4 Å². The average Bonchev–Trinajstić information content (AvgIpc) is 2.75. The summed E-state index contributed by atoms with van der Waals surface area (Å²) in [4.78, 5) is 39.4. The van der Waals surface area contributed by atoms with Crippen molar-refractivity contribution >= 4 is 31.9 Å². The molecule has 1 fully saturated rings. The van der Waals surface area contributed by atoms with E-state index >= 15 is 0 Å². The van der Waals surface area contributed by atoms with Crippen LogP contribution in [0.25, 0.3) is 0 Å². The van der Waals surface area contributed by atoms with Crippen molar-refractivity contribution in [1.82, 2.24) is 0 Å². The topological polar surface area (TPSA) is 91.4 Å². The number of ether oxygens (including phenoxy) is 3. The van der Waals surface area contributed by atoms with Gasteiger partial charge in [-0.15, -0.1) is 0 Å². The van der Waals surface area contributed by atoms with Gasteiger partial charge in [0.25, 0.3) is 0 Å². The first-order valence-electron chi connectivity index (χ1n) is 12.1. The summed E-state index contributed by atoms with van der Waals surface area (Å²) in [5, 5.41) is -0.0673. The molecule has 198 valence electrons. The molecule has 0 saturated carbocycles. The third-order valence-corrected chi connectivity index (χ3v) is 11.5. The Bertz CT molecular complexity index is 1030. The largest absolute Gasteiger partial charge is 0.497 e. The molecule has 8 nitrogen and oxygen atoms in total. The lowest BCUT2D eigenvalue weighted by molar-refractivity contribution is -0.161. The molecular formula is C27H39NO7Si. The van der Waals surface area contributed by atoms with Crippen LogP contribution in [0, 0.1) is 17.8 Å². The molecule has 0 aromatic heterocycles. The molecule has 0 radical (unpaired) electrons. The zero-order valence-corrected chi connectivity index (χ0v) is 24.1. The second-order valence-corrected chi connectivity index (χ2v) is 15.4. The molecule has 1 aromatic carbocycles. The van der Waals surface area contributed by atoms with Gasteiger partial charge >= 0.3 is 11.9 Å². The molecule has 1 aliphatic rings. The van der Waals surface area contributed by atoms with E-state index in [1.165, 1.54) is 6.92 Å². The van der Waals surface area contributed by atoms with Gasteiger partial charge in [0.15, 0.2) is 13.9 Å². The molecule has 2 rings (SSSR count). The van der Waals surface area contributed by atoms with Gasteiger partial charge in [0, 0.05) is 18.5 Å². The van der Waals surface area contributed by atoms with Gasteiger partial charge in [-0.2, -0.15) is 0 Å². The summed E-state index contributed by atoms with van der Waals surface area (Å²) in [6.07, 6.45) is -0.475. The van der Waals surface area contributed by atoms with Gasteiger partial charge in [0.1, 0.15) is 11.8 Å². The summed E-state index contributed by atoms with van der Waals surface area (Å²) in [6.45, 7) is 17.2. The molecule has 1 unspecified atom stereocenters. The second-order valence-electron chi connectivity index (χ2n) is 10.6. The Morgan fingerprint density at radius 2 is 1.72 bits per heavy atom. The molecule has 0 spiro atoms. The highest BCUT2D eigenvalue weighted by Crippen LogP contribution is 2.45. The Kier molecular flexibility index (Phi) is 9.03. The van der Waals surface area contributed by atoms with Gasteiger partial charge in [0.05, 0.1) is 25.7 Å². The fourth-order valence-electron chi connectivity index (χ4n) is 4.10. The first-order valence-corrected chi connectivity index (χ1v) is 15.0. The Morgan fingerprint density at radius 1 is 1.14 bits per heavy atom. The van der Waals surface area contributed by atoms with E-state index in [4.69, 9.17) is 18.6 Å². The lowest BCUT2D eigenvalue weighted by Crippen LogP contribution is -2.73. The predicted octanol–water partition coefficient (Wildman–Crippen LogP) is 4.33. The van der Waals surface area contributed by atoms with Crippen LogP contribution in [0.15, 0.2) is 24.3 Å². The third-order valence-electron chi connectivity index (χ3n) is 6.89. The molecule has 0 N–H and O–H groups in total. The van der Waals surface area contributed by atoms with Crippen LogP contribution in [0.3, 0.4) is 0 Å². The minimum Gasteiger partial charge on any atom is -0.497 e. The summed E-state index contributed by atoms with van der Waals surface area (Å²) in [5.74, 6) is 3.74. The summed E-state index contributed by atoms with van der Waals surface area (Å²) in [7, 11) is -0.669. The zero-order valence-electron chi connectivity index (χ0n) is 23.1. The molecule has 1 heterocycles. The van der Waals surface area contributed by atoms with Crippen LogP contribution in [0.1, 0.15) is 48.5 Å². The number of benzene rings is 1. The van der Waals surface area contributed by atoms with Gasteiger partial charge < -0.3 is 23.5 Å². The van der Waals surface area contributed by atoms with Crippen LogP contribution in [0.4, 0.5) is 5.69 Å². The van der Waals surface area contributed by atoms with Crippen LogP contribution in [0.2, 0.25) is 18.1 Å². The van der Waals surface area contributed by atoms with E-state index in [1.807, 2.05) is 6.92 Å². The Morgan fingerprint density at radius 3 is 2.19 bits per heavy atom. The number of carbonyl (C=O) groups is 3. The van der Waals surface area contributed by atoms with Crippen molar-refractivity contribution < 1.29 is 33.0 Å². The number of nitrogens with zero attached hydrogens (tertiary/aromatic N) is 1. The first kappa shape index (κ1) is 29.4. The quantitative estimate of drug-likeness (QED) is 0.167. The monoisotopic (exact) mass is 517 g/mol. The lowest BCUT2D eigenvalue weighted by Gasteiger charge is -2.55. The number of β-lactam (4-membered cyclic amide) rings is 1. The summed E-state index contributed by atoms with van der Waals surface area (Å²) in [5.41, 5.74) is -0.903. The fourth-order valence-corrected chi connectivity index (χ4v) is 5.53. The fraction of sp³-hybridized carbons (Fsp3) is 0.593. The van der Waals surface area contributed by atoms with Crippen molar-refractivity contribution in [1.29, 1.82) is 0 Å². The maximum atomic E-state index is 13.6. The molecule has 0 aliphatic carbocycles. The van der Waals surface area contributed by atoms with Crippen molar-refractivity contribution in [3.63, 3.8) is 0 Å². The SMILES string of the molecule is CCOC(=O)C#CC(C)(OC(C)=O)[C@@H]1[C@@H]([C@@H](C)O[Si](C)(C)C(C)(C)C)C(=O)N1c1ccc(OC)cc1. The summed E-state index contributed by atoms with van der Waals surface area (Å²) >= 11 is 0. The van der Waals surface area contributed by atoms with Crippen molar-refractivity contribution in [2.24, 2.45) is 5.92 Å². The van der Waals surface area contributed by atoms with Crippen molar-refractivity contribution in [3.8, 4) is 17.6 Å². The van der Waals surface area contributed by atoms with E-state index in [9.17, 15) is 14.4 Å². The van der Waals surface area contributed by atoms with Gasteiger partial charge in [-0.3, -0.25) is 9.59 Å². The van der Waals surface area contributed by atoms with Gasteiger partial charge in [-0.25, -0.2) is 4.79 Å². The van der Waals surface area contributed by atoms with Gasteiger partial charge in [0.2, 0.25) is 5.91 Å². The van der Waals surface area contributed by atoms with E-state index in [2.05, 4.69) is 45.7 Å². The molecule has 4 atom stereocenters. The van der Waals surface area contributed by atoms with Gasteiger partial charge in [-0.1, -0.05) is 20.8 Å². The number of amides is 1. The van der Waals surface area contributed by atoms with Crippen LogP contribution >= 0.6 is 0 Å². The van der Waals surface area contributed by atoms with Gasteiger partial charge in [-0.05, 0) is 69.1 Å². The van der Waals surface area contributed by atoms with E-state index in [-0.39, 0.29) is 17.6 Å². The molecule has 0 bridgehead atoms. The van der Waals surface area contributed by atoms with Crippen LogP contribution in [-0.2, 0) is 28.3 Å². The number of carbonyl (C=O) groups excluding carboxylic acids is 3. The van der Waals surface area contributed by atoms with E-state index in [1.54, 1.807) is 50.1 Å². The Hall–Kier alpha value is -2.83. The lowest BCUT2D eigenvalue weighted by atomic mass is 9.73. The van der Waals surface area contributed by atoms with Crippen LogP contribution < -0.4 is 9.64 Å². The molecule has 9 heteroatoms. The van der Waals surface area contributed by atoms with E-state index in [0.717, 1.165) is 0 Å². The standard InChI is InChI=1S/C27H39NO7Si/c1-11-33-22(30)16-17-27(7,34-19(3)29)24-23(18(2)35-36(9,10)26(4,5)6)25(31)28(24)20-12-14-21(32-8)15-13-20/h12-15,18,23-24H,11H2,1-10H3/t18-,23-,24+,27?/m1/s1. The third kappa shape index (κ3) is 6.29. The first-order chi connectivity index (χ1) is 16.6. The molecule has 1 saturated heterocycles. The number of methoxy groups -OCH3 is 1. The number of hydrogen-bond donors (Lipinski definition) is 0. The smallest absolute Gasteiger partial charge is 0.384 e. The highest BCUT2D eigenvalue weighted by atomic mass is 28.4. The van der Waals surface area contributed by atoms with Crippen LogP contribution in [-0.4, -0.2) is 57.6 Å². The van der Waals surface area contributed by atoms with Crippen LogP contribution in [0.5, 0.6) is 5.75 Å². The van der Waals surface area contributed by atoms with E-state index < -0.39 is 43.9 Å². The number of hydrogen-bond acceptors (Lipinski definition) is 7. The summed E-state index contributed by atoms with van der Waals surface area (Å²) in [6, 6.07) is 6.30. The zero-order chi connectivity index (χ0) is 27.5. The minimum atomic E-state index is -2.23. The Balaban J connectivity index is 2.59. The maximum Gasteiger partial charge on any atom is 0.384 e. The number of rotatable bonds is 8. The predicted molar refractivity (Wildman–Crippen MR) is 140 cm³/mol. The number of esters is 2. The summed E-state index contributed by atoms with van der Waals surface area (Å²) < 4.78 is 22.5. The molecule has 1 amide bonds. The second kappa shape index (κ2) is 11.1. The number of anilines is 1. The maximum absolute atomic E-state index is 13.6.